The van der Waals surface area contributed by atoms with Crippen LogP contribution < -0.4 is 5.32 Å². The summed E-state index contributed by atoms with van der Waals surface area (Å²) in [5, 5.41) is 3.49. The zero-order valence-electron chi connectivity index (χ0n) is 11.2. The Kier molecular flexibility index (Phi) is 3.40. The molecule has 3 nitrogen and oxygen atoms in total. The number of fused-ring (bicyclic) bond motifs is 1. The lowest BCUT2D eigenvalue weighted by Gasteiger charge is -2.22. The Morgan fingerprint density at radius 2 is 2.11 bits per heavy atom. The summed E-state index contributed by atoms with van der Waals surface area (Å²) in [5.41, 5.74) is 1.56. The third-order valence-electron chi connectivity index (χ3n) is 4.13. The molecule has 0 bridgehead atoms. The molecule has 1 saturated carbocycles. The Morgan fingerprint density at radius 1 is 1.26 bits per heavy atom. The van der Waals surface area contributed by atoms with Crippen LogP contribution in [0.3, 0.4) is 0 Å². The fourth-order valence-corrected chi connectivity index (χ4v) is 2.93. The average Bonchev–Trinajstić information content (AvgIpc) is 2.66. The molecule has 2 N–H and O–H groups in total. The smallest absolute Gasteiger partial charge is 0.201 e. The van der Waals surface area contributed by atoms with Gasteiger partial charge in [-0.25, -0.2) is 9.37 Å². The molecule has 0 spiro atoms. The molecule has 1 heterocycles. The molecule has 1 aromatic carbocycles. The Morgan fingerprint density at radius 3 is 3.00 bits per heavy atom. The Labute approximate surface area is 112 Å². The summed E-state index contributed by atoms with van der Waals surface area (Å²) < 4.78 is 13.2. The number of H-pyrrole nitrogens is 1. The summed E-state index contributed by atoms with van der Waals surface area (Å²) in [6.45, 7) is 2.30. The molecule has 3 rings (SSSR count). The first-order valence-corrected chi connectivity index (χ1v) is 7.14. The van der Waals surface area contributed by atoms with Gasteiger partial charge in [0, 0.05) is 6.04 Å². The Hall–Kier alpha value is -1.58. The highest BCUT2D eigenvalue weighted by Crippen LogP contribution is 2.26. The Bertz CT molecular complexity index is 564. The zero-order chi connectivity index (χ0) is 13.2. The van der Waals surface area contributed by atoms with Gasteiger partial charge in [-0.3, -0.25) is 0 Å². The molecular weight excluding hydrogens is 241 g/mol. The number of halogens is 1. The molecular formula is C15H20FN3. The van der Waals surface area contributed by atoms with E-state index in [-0.39, 0.29) is 5.82 Å². The summed E-state index contributed by atoms with van der Waals surface area (Å²) in [4.78, 5) is 7.64. The number of nitrogens with zero attached hydrogens (tertiary/aromatic N) is 1. The van der Waals surface area contributed by atoms with E-state index in [0.717, 1.165) is 17.0 Å². The van der Waals surface area contributed by atoms with Crippen molar-refractivity contribution in [2.45, 2.75) is 45.1 Å². The SMILES string of the molecule is CC1CCCCCC1Nc1nc2ccc(F)cc2[nH]1. The van der Waals surface area contributed by atoms with Crippen LogP contribution in [0.15, 0.2) is 18.2 Å². The molecule has 0 aliphatic heterocycles. The van der Waals surface area contributed by atoms with E-state index < -0.39 is 0 Å². The highest BCUT2D eigenvalue weighted by molar-refractivity contribution is 5.77. The molecule has 0 amide bonds. The van der Waals surface area contributed by atoms with Crippen molar-refractivity contribution in [2.24, 2.45) is 5.92 Å². The predicted molar refractivity (Wildman–Crippen MR) is 75.7 cm³/mol. The first-order chi connectivity index (χ1) is 9.22. The minimum absolute atomic E-state index is 0.231. The van der Waals surface area contributed by atoms with Crippen LogP contribution in [0.5, 0.6) is 0 Å². The van der Waals surface area contributed by atoms with Gasteiger partial charge in [0.15, 0.2) is 0 Å². The van der Waals surface area contributed by atoms with Crippen molar-refractivity contribution in [1.29, 1.82) is 0 Å². The summed E-state index contributed by atoms with van der Waals surface area (Å²) in [6.07, 6.45) is 6.38. The second-order valence-electron chi connectivity index (χ2n) is 5.61. The van der Waals surface area contributed by atoms with Crippen LogP contribution in [-0.4, -0.2) is 16.0 Å². The van der Waals surface area contributed by atoms with Crippen molar-refractivity contribution in [3.63, 3.8) is 0 Å². The van der Waals surface area contributed by atoms with Gasteiger partial charge in [-0.1, -0.05) is 26.2 Å². The van der Waals surface area contributed by atoms with Gasteiger partial charge in [-0.05, 0) is 37.0 Å². The van der Waals surface area contributed by atoms with E-state index in [1.165, 1.54) is 44.2 Å². The Balaban J connectivity index is 1.80. The van der Waals surface area contributed by atoms with Crippen molar-refractivity contribution in [3.05, 3.63) is 24.0 Å². The first-order valence-electron chi connectivity index (χ1n) is 7.14. The van der Waals surface area contributed by atoms with E-state index in [9.17, 15) is 4.39 Å². The molecule has 102 valence electrons. The number of imidazole rings is 1. The summed E-state index contributed by atoms with van der Waals surface area (Å²) in [7, 11) is 0. The molecule has 0 saturated heterocycles. The first kappa shape index (κ1) is 12.5. The lowest BCUT2D eigenvalue weighted by Crippen LogP contribution is -2.26. The summed E-state index contributed by atoms with van der Waals surface area (Å²) >= 11 is 0. The van der Waals surface area contributed by atoms with Crippen molar-refractivity contribution < 1.29 is 4.39 Å². The van der Waals surface area contributed by atoms with Crippen LogP contribution in [0.1, 0.15) is 39.0 Å². The van der Waals surface area contributed by atoms with Crippen molar-refractivity contribution >= 4 is 17.0 Å². The van der Waals surface area contributed by atoms with Crippen LogP contribution in [0, 0.1) is 11.7 Å². The van der Waals surface area contributed by atoms with Crippen LogP contribution >= 0.6 is 0 Å². The number of anilines is 1. The van der Waals surface area contributed by atoms with E-state index in [4.69, 9.17) is 0 Å². The standard InChI is InChI=1S/C15H20FN3/c1-10-5-3-2-4-6-12(10)17-15-18-13-8-7-11(16)9-14(13)19-15/h7-10,12H,2-6H2,1H3,(H2,17,18,19). The van der Waals surface area contributed by atoms with Gasteiger partial charge in [0.25, 0.3) is 0 Å². The molecule has 2 atom stereocenters. The summed E-state index contributed by atoms with van der Waals surface area (Å²) in [6, 6.07) is 5.11. The molecule has 0 radical (unpaired) electrons. The number of nitrogens with one attached hydrogen (secondary N) is 2. The zero-order valence-corrected chi connectivity index (χ0v) is 11.2. The average molecular weight is 261 g/mol. The van der Waals surface area contributed by atoms with Crippen LogP contribution in [0.25, 0.3) is 11.0 Å². The van der Waals surface area contributed by atoms with Crippen LogP contribution in [-0.2, 0) is 0 Å². The van der Waals surface area contributed by atoms with Gasteiger partial charge >= 0.3 is 0 Å². The normalized spacial score (nSPS) is 24.3. The van der Waals surface area contributed by atoms with Crippen molar-refractivity contribution in [3.8, 4) is 0 Å². The van der Waals surface area contributed by atoms with Crippen LogP contribution in [0.2, 0.25) is 0 Å². The van der Waals surface area contributed by atoms with Gasteiger partial charge in [0.2, 0.25) is 5.95 Å². The van der Waals surface area contributed by atoms with Crippen molar-refractivity contribution in [2.75, 3.05) is 5.32 Å². The van der Waals surface area contributed by atoms with Gasteiger partial charge in [-0.15, -0.1) is 0 Å². The van der Waals surface area contributed by atoms with Crippen molar-refractivity contribution in [1.82, 2.24) is 9.97 Å². The van der Waals surface area contributed by atoms with Gasteiger partial charge in [0.05, 0.1) is 11.0 Å². The quantitative estimate of drug-likeness (QED) is 0.800. The second kappa shape index (κ2) is 5.19. The van der Waals surface area contributed by atoms with E-state index >= 15 is 0 Å². The van der Waals surface area contributed by atoms with Gasteiger partial charge < -0.3 is 10.3 Å². The maximum atomic E-state index is 13.2. The molecule has 1 aromatic heterocycles. The molecule has 2 unspecified atom stereocenters. The minimum atomic E-state index is -0.231. The number of hydrogen-bond acceptors (Lipinski definition) is 2. The van der Waals surface area contributed by atoms with E-state index in [1.807, 2.05) is 0 Å². The monoisotopic (exact) mass is 261 g/mol. The lowest BCUT2D eigenvalue weighted by molar-refractivity contribution is 0.455. The van der Waals surface area contributed by atoms with E-state index in [0.29, 0.717) is 12.0 Å². The number of rotatable bonds is 2. The molecule has 4 heteroatoms. The largest absolute Gasteiger partial charge is 0.353 e. The highest BCUT2D eigenvalue weighted by atomic mass is 19.1. The fraction of sp³-hybridized carbons (Fsp3) is 0.533. The number of hydrogen-bond donors (Lipinski definition) is 2. The highest BCUT2D eigenvalue weighted by Gasteiger charge is 2.20. The maximum Gasteiger partial charge on any atom is 0.201 e. The minimum Gasteiger partial charge on any atom is -0.353 e. The van der Waals surface area contributed by atoms with E-state index in [2.05, 4.69) is 22.2 Å². The molecule has 1 fully saturated rings. The number of aromatic amines is 1. The number of benzene rings is 1. The van der Waals surface area contributed by atoms with Crippen LogP contribution in [0.4, 0.5) is 10.3 Å². The third kappa shape index (κ3) is 2.72. The van der Waals surface area contributed by atoms with E-state index in [1.54, 1.807) is 6.07 Å². The predicted octanol–water partition coefficient (Wildman–Crippen LogP) is 4.08. The van der Waals surface area contributed by atoms with Gasteiger partial charge in [0.1, 0.15) is 5.82 Å². The topological polar surface area (TPSA) is 40.7 Å². The number of aromatic nitrogens is 2. The molecule has 2 aromatic rings. The molecule has 1 aliphatic rings. The summed E-state index contributed by atoms with van der Waals surface area (Å²) in [5.74, 6) is 1.19. The molecule has 1 aliphatic carbocycles. The third-order valence-corrected chi connectivity index (χ3v) is 4.13. The van der Waals surface area contributed by atoms with Gasteiger partial charge in [-0.2, -0.15) is 0 Å². The second-order valence-corrected chi connectivity index (χ2v) is 5.61. The molecule has 19 heavy (non-hydrogen) atoms. The lowest BCUT2D eigenvalue weighted by atomic mass is 9.97. The maximum absolute atomic E-state index is 13.2. The fourth-order valence-electron chi connectivity index (χ4n) is 2.93.